The van der Waals surface area contributed by atoms with Gasteiger partial charge in [-0.1, -0.05) is 33.1 Å². The highest BCUT2D eigenvalue weighted by molar-refractivity contribution is 4.94. The van der Waals surface area contributed by atoms with Crippen LogP contribution in [0.15, 0.2) is 0 Å². The van der Waals surface area contributed by atoms with Gasteiger partial charge in [0.1, 0.15) is 0 Å². The summed E-state index contributed by atoms with van der Waals surface area (Å²) in [7, 11) is 0. The number of hydrogen-bond acceptors (Lipinski definition) is 3. The highest BCUT2D eigenvalue weighted by atomic mass is 15.0. The van der Waals surface area contributed by atoms with Gasteiger partial charge in [0.15, 0.2) is 0 Å². The van der Waals surface area contributed by atoms with Gasteiger partial charge in [-0.2, -0.15) is 0 Å². The Balaban J connectivity index is 1.73. The van der Waals surface area contributed by atoms with Crippen molar-refractivity contribution in [3.8, 4) is 0 Å². The summed E-state index contributed by atoms with van der Waals surface area (Å²) in [5.41, 5.74) is 6.58. The third-order valence-electron chi connectivity index (χ3n) is 7.12. The zero-order valence-corrected chi connectivity index (χ0v) is 15.4. The molecule has 1 aliphatic carbocycles. The molecule has 3 heteroatoms. The molecule has 0 spiro atoms. The summed E-state index contributed by atoms with van der Waals surface area (Å²) in [5.74, 6) is 3.38. The molecule has 0 amide bonds. The van der Waals surface area contributed by atoms with Crippen molar-refractivity contribution in [2.45, 2.75) is 89.8 Å². The Hall–Kier alpha value is -0.120. The lowest BCUT2D eigenvalue weighted by molar-refractivity contribution is 0.121. The van der Waals surface area contributed by atoms with E-state index >= 15 is 0 Å². The summed E-state index contributed by atoms with van der Waals surface area (Å²) < 4.78 is 0. The number of hydrogen-bond donors (Lipinski definition) is 3. The minimum absolute atomic E-state index is 0.361. The van der Waals surface area contributed by atoms with Crippen molar-refractivity contribution < 1.29 is 0 Å². The highest BCUT2D eigenvalue weighted by Crippen LogP contribution is 2.37. The molecule has 6 atom stereocenters. The first-order valence-corrected chi connectivity index (χ1v) is 10.4. The molecule has 134 valence electrons. The van der Waals surface area contributed by atoms with Gasteiger partial charge in [0.25, 0.3) is 0 Å². The van der Waals surface area contributed by atoms with E-state index in [4.69, 9.17) is 5.73 Å². The summed E-state index contributed by atoms with van der Waals surface area (Å²) in [5, 5.41) is 7.77. The van der Waals surface area contributed by atoms with Gasteiger partial charge >= 0.3 is 0 Å². The first kappa shape index (κ1) is 17.7. The fraction of sp³-hybridized carbons (Fsp3) is 1.00. The Kier molecular flexibility index (Phi) is 6.39. The van der Waals surface area contributed by atoms with Crippen LogP contribution in [0.1, 0.15) is 71.6 Å². The van der Waals surface area contributed by atoms with Gasteiger partial charge in [-0.05, 0) is 75.3 Å². The van der Waals surface area contributed by atoms with E-state index in [1.54, 1.807) is 0 Å². The van der Waals surface area contributed by atoms with Gasteiger partial charge in [-0.15, -0.1) is 0 Å². The van der Waals surface area contributed by atoms with Crippen LogP contribution in [-0.4, -0.2) is 31.2 Å². The number of rotatable bonds is 1. The number of nitrogens with one attached hydrogen (secondary N) is 2. The maximum absolute atomic E-state index is 6.58. The van der Waals surface area contributed by atoms with Gasteiger partial charge in [-0.25, -0.2) is 0 Å². The SMILES string of the molecule is CC(C)[C@@H]1CCC[C@H](N)C2CC(CCN2)C2CCCCC2NC1. The van der Waals surface area contributed by atoms with Crippen molar-refractivity contribution in [3.63, 3.8) is 0 Å². The average molecular weight is 322 g/mol. The van der Waals surface area contributed by atoms with E-state index in [1.165, 1.54) is 70.9 Å². The van der Waals surface area contributed by atoms with Crippen LogP contribution in [-0.2, 0) is 0 Å². The summed E-state index contributed by atoms with van der Waals surface area (Å²) in [6.45, 7) is 7.20. The largest absolute Gasteiger partial charge is 0.326 e. The lowest BCUT2D eigenvalue weighted by Crippen LogP contribution is -2.53. The minimum atomic E-state index is 0.361. The lowest BCUT2D eigenvalue weighted by Gasteiger charge is -2.44. The molecule has 2 saturated heterocycles. The van der Waals surface area contributed by atoms with Gasteiger partial charge in [0, 0.05) is 18.1 Å². The number of nitrogens with two attached hydrogens (primary N) is 1. The normalized spacial score (nSPS) is 43.3. The predicted molar refractivity (Wildman–Crippen MR) is 98.4 cm³/mol. The second-order valence-electron chi connectivity index (χ2n) is 8.91. The van der Waals surface area contributed by atoms with Crippen molar-refractivity contribution in [1.29, 1.82) is 0 Å². The van der Waals surface area contributed by atoms with Crippen LogP contribution in [0.4, 0.5) is 0 Å². The van der Waals surface area contributed by atoms with Crippen molar-refractivity contribution in [1.82, 2.24) is 10.6 Å². The molecule has 3 fully saturated rings. The van der Waals surface area contributed by atoms with E-state index in [2.05, 4.69) is 24.5 Å². The zero-order chi connectivity index (χ0) is 16.2. The molecule has 0 aromatic carbocycles. The molecular formula is C20H39N3. The minimum Gasteiger partial charge on any atom is -0.326 e. The topological polar surface area (TPSA) is 50.1 Å². The lowest BCUT2D eigenvalue weighted by atomic mass is 9.70. The molecule has 0 radical (unpaired) electrons. The van der Waals surface area contributed by atoms with Gasteiger partial charge in [0.2, 0.25) is 0 Å². The third kappa shape index (κ3) is 4.49. The van der Waals surface area contributed by atoms with Crippen molar-refractivity contribution in [3.05, 3.63) is 0 Å². The van der Waals surface area contributed by atoms with Crippen LogP contribution in [0, 0.1) is 23.7 Å². The molecule has 3 aliphatic rings. The molecule has 23 heavy (non-hydrogen) atoms. The van der Waals surface area contributed by atoms with E-state index < -0.39 is 0 Å². The van der Waals surface area contributed by atoms with Gasteiger partial charge in [0.05, 0.1) is 0 Å². The summed E-state index contributed by atoms with van der Waals surface area (Å²) in [6, 6.07) is 1.69. The highest BCUT2D eigenvalue weighted by Gasteiger charge is 2.36. The van der Waals surface area contributed by atoms with E-state index in [1.807, 2.05) is 0 Å². The van der Waals surface area contributed by atoms with E-state index in [0.717, 1.165) is 29.7 Å². The average Bonchev–Trinajstić information content (AvgIpc) is 2.57. The molecule has 2 bridgehead atoms. The van der Waals surface area contributed by atoms with E-state index in [0.29, 0.717) is 12.1 Å². The monoisotopic (exact) mass is 321 g/mol. The molecule has 2 heterocycles. The Bertz CT molecular complexity index is 357. The third-order valence-corrected chi connectivity index (χ3v) is 7.12. The number of fused-ring (bicyclic) bond motifs is 4. The smallest absolute Gasteiger partial charge is 0.0221 e. The fourth-order valence-corrected chi connectivity index (χ4v) is 5.46. The molecule has 4 N–H and O–H groups in total. The Labute approximate surface area is 143 Å². The van der Waals surface area contributed by atoms with Crippen molar-refractivity contribution >= 4 is 0 Å². The van der Waals surface area contributed by atoms with Crippen molar-refractivity contribution in [2.24, 2.45) is 29.4 Å². The fourth-order valence-electron chi connectivity index (χ4n) is 5.46. The van der Waals surface area contributed by atoms with Crippen LogP contribution in [0.25, 0.3) is 0 Å². The summed E-state index contributed by atoms with van der Waals surface area (Å²) in [6.07, 6.45) is 12.2. The number of piperidine rings is 1. The van der Waals surface area contributed by atoms with Crippen LogP contribution in [0.2, 0.25) is 0 Å². The van der Waals surface area contributed by atoms with Crippen LogP contribution in [0.5, 0.6) is 0 Å². The van der Waals surface area contributed by atoms with Crippen LogP contribution >= 0.6 is 0 Å². The standard InChI is InChI=1S/C20H39N3/c1-14(2)16-6-5-8-18(21)20-12-15(10-11-22-20)17-7-3-4-9-19(17)23-13-16/h14-20,22-23H,3-13,21H2,1-2H3/t15?,16-,17?,18+,19?,20?/m1/s1. The molecule has 0 aromatic rings. The Morgan fingerprint density at radius 1 is 0.870 bits per heavy atom. The maximum Gasteiger partial charge on any atom is 0.0221 e. The molecule has 2 aliphatic heterocycles. The second kappa shape index (κ2) is 8.31. The second-order valence-corrected chi connectivity index (χ2v) is 8.91. The predicted octanol–water partition coefficient (Wildman–Crippen LogP) is 3.29. The first-order valence-electron chi connectivity index (χ1n) is 10.4. The maximum atomic E-state index is 6.58. The first-order chi connectivity index (χ1) is 11.1. The van der Waals surface area contributed by atoms with E-state index in [9.17, 15) is 0 Å². The molecule has 1 saturated carbocycles. The Morgan fingerprint density at radius 3 is 2.52 bits per heavy atom. The molecule has 3 nitrogen and oxygen atoms in total. The molecular weight excluding hydrogens is 282 g/mol. The van der Waals surface area contributed by atoms with Gasteiger partial charge in [-0.3, -0.25) is 0 Å². The molecule has 0 aromatic heterocycles. The van der Waals surface area contributed by atoms with Gasteiger partial charge < -0.3 is 16.4 Å². The summed E-state index contributed by atoms with van der Waals surface area (Å²) in [4.78, 5) is 0. The molecule has 4 unspecified atom stereocenters. The summed E-state index contributed by atoms with van der Waals surface area (Å²) >= 11 is 0. The van der Waals surface area contributed by atoms with E-state index in [-0.39, 0.29) is 0 Å². The van der Waals surface area contributed by atoms with Crippen molar-refractivity contribution in [2.75, 3.05) is 13.1 Å². The van der Waals surface area contributed by atoms with Crippen LogP contribution in [0.3, 0.4) is 0 Å². The van der Waals surface area contributed by atoms with Crippen LogP contribution < -0.4 is 16.4 Å². The quantitative estimate of drug-likeness (QED) is 0.694. The molecule has 3 rings (SSSR count). The zero-order valence-electron chi connectivity index (χ0n) is 15.4. The Morgan fingerprint density at radius 2 is 1.70 bits per heavy atom.